The van der Waals surface area contributed by atoms with Crippen molar-refractivity contribution in [3.05, 3.63) is 54.4 Å². The van der Waals surface area contributed by atoms with E-state index in [1.165, 1.54) is 12.1 Å². The summed E-state index contributed by atoms with van der Waals surface area (Å²) in [6.45, 7) is 3.98. The van der Waals surface area contributed by atoms with Gasteiger partial charge in [-0.3, -0.25) is 4.90 Å². The van der Waals surface area contributed by atoms with Crippen molar-refractivity contribution in [3.63, 3.8) is 0 Å². The SMILES string of the molecule is COc1ccnc(N2CCN(Cc3ncc(-c4ccc(F)cc4)o3)CC2)n1. The van der Waals surface area contributed by atoms with Crippen molar-refractivity contribution in [1.82, 2.24) is 19.9 Å². The average Bonchev–Trinajstić information content (AvgIpc) is 3.17. The molecule has 1 aliphatic heterocycles. The van der Waals surface area contributed by atoms with Crippen molar-refractivity contribution in [1.29, 1.82) is 0 Å². The second-order valence-corrected chi connectivity index (χ2v) is 6.29. The van der Waals surface area contributed by atoms with Crippen LogP contribution in [0.3, 0.4) is 0 Å². The van der Waals surface area contributed by atoms with Crippen molar-refractivity contribution in [2.24, 2.45) is 0 Å². The molecule has 0 atom stereocenters. The molecule has 0 unspecified atom stereocenters. The lowest BCUT2D eigenvalue weighted by Gasteiger charge is -2.33. The van der Waals surface area contributed by atoms with Crippen LogP contribution in [0.1, 0.15) is 5.89 Å². The molecule has 7 nitrogen and oxygen atoms in total. The van der Waals surface area contributed by atoms with Gasteiger partial charge in [-0.15, -0.1) is 0 Å². The fourth-order valence-corrected chi connectivity index (χ4v) is 3.03. The van der Waals surface area contributed by atoms with Crippen LogP contribution in [0.2, 0.25) is 0 Å². The van der Waals surface area contributed by atoms with Crippen LogP contribution in [0.15, 0.2) is 47.1 Å². The van der Waals surface area contributed by atoms with Gasteiger partial charge in [0, 0.05) is 44.0 Å². The summed E-state index contributed by atoms with van der Waals surface area (Å²) in [4.78, 5) is 17.5. The molecule has 2 aromatic heterocycles. The van der Waals surface area contributed by atoms with Gasteiger partial charge in [0.1, 0.15) is 5.82 Å². The van der Waals surface area contributed by atoms with Gasteiger partial charge in [-0.2, -0.15) is 4.98 Å². The zero-order valence-corrected chi connectivity index (χ0v) is 15.0. The first-order valence-electron chi connectivity index (χ1n) is 8.76. The van der Waals surface area contributed by atoms with Gasteiger partial charge in [-0.1, -0.05) is 0 Å². The van der Waals surface area contributed by atoms with Crippen LogP contribution in [-0.2, 0) is 6.54 Å². The first-order valence-corrected chi connectivity index (χ1v) is 8.76. The van der Waals surface area contributed by atoms with E-state index in [2.05, 4.69) is 24.8 Å². The molecule has 1 aliphatic rings. The maximum absolute atomic E-state index is 13.0. The minimum Gasteiger partial charge on any atom is -0.481 e. The molecule has 4 rings (SSSR count). The second kappa shape index (κ2) is 7.71. The summed E-state index contributed by atoms with van der Waals surface area (Å²) in [6, 6.07) is 7.94. The highest BCUT2D eigenvalue weighted by molar-refractivity contribution is 5.55. The Hall–Kier alpha value is -3.00. The number of piperazine rings is 1. The standard InChI is InChI=1S/C19H20FN5O2/c1-26-17-6-7-21-19(23-17)25-10-8-24(9-11-25)13-18-22-12-16(27-18)14-2-4-15(20)5-3-14/h2-7,12H,8-11,13H2,1H3. The summed E-state index contributed by atoms with van der Waals surface area (Å²) in [5.41, 5.74) is 0.815. The smallest absolute Gasteiger partial charge is 0.228 e. The van der Waals surface area contributed by atoms with Crippen LogP contribution >= 0.6 is 0 Å². The number of benzene rings is 1. The molecule has 0 spiro atoms. The molecule has 8 heteroatoms. The number of hydrogen-bond acceptors (Lipinski definition) is 7. The van der Waals surface area contributed by atoms with Gasteiger partial charge in [0.05, 0.1) is 19.9 Å². The van der Waals surface area contributed by atoms with Gasteiger partial charge >= 0.3 is 0 Å². The summed E-state index contributed by atoms with van der Waals surface area (Å²) in [5, 5.41) is 0. The van der Waals surface area contributed by atoms with E-state index in [0.717, 1.165) is 31.7 Å². The highest BCUT2D eigenvalue weighted by Gasteiger charge is 2.21. The highest BCUT2D eigenvalue weighted by Crippen LogP contribution is 2.22. The molecule has 1 aromatic carbocycles. The molecule has 1 saturated heterocycles. The predicted octanol–water partition coefficient (Wildman–Crippen LogP) is 2.60. The Balaban J connectivity index is 1.35. The topological polar surface area (TPSA) is 67.5 Å². The molecule has 0 bridgehead atoms. The molecule has 140 valence electrons. The van der Waals surface area contributed by atoms with E-state index in [4.69, 9.17) is 9.15 Å². The Morgan fingerprint density at radius 2 is 1.85 bits per heavy atom. The molecule has 0 aliphatic carbocycles. The van der Waals surface area contributed by atoms with E-state index in [1.54, 1.807) is 37.7 Å². The summed E-state index contributed by atoms with van der Waals surface area (Å²) in [6.07, 6.45) is 3.39. The van der Waals surface area contributed by atoms with Gasteiger partial charge in [0.15, 0.2) is 5.76 Å². The van der Waals surface area contributed by atoms with E-state index in [9.17, 15) is 4.39 Å². The Labute approximate surface area is 156 Å². The number of oxazole rings is 1. The number of hydrogen-bond donors (Lipinski definition) is 0. The van der Waals surface area contributed by atoms with Crippen LogP contribution in [0.4, 0.5) is 10.3 Å². The van der Waals surface area contributed by atoms with Gasteiger partial charge in [0.25, 0.3) is 0 Å². The van der Waals surface area contributed by atoms with E-state index in [-0.39, 0.29) is 5.82 Å². The van der Waals surface area contributed by atoms with E-state index in [1.807, 2.05) is 0 Å². The average molecular weight is 369 g/mol. The molecule has 1 fully saturated rings. The maximum atomic E-state index is 13.0. The molecular weight excluding hydrogens is 349 g/mol. The number of ether oxygens (including phenoxy) is 1. The zero-order chi connectivity index (χ0) is 18.6. The summed E-state index contributed by atoms with van der Waals surface area (Å²) >= 11 is 0. The number of rotatable bonds is 5. The molecule has 27 heavy (non-hydrogen) atoms. The number of nitrogens with zero attached hydrogens (tertiary/aromatic N) is 5. The van der Waals surface area contributed by atoms with Gasteiger partial charge in [0.2, 0.25) is 17.7 Å². The van der Waals surface area contributed by atoms with Crippen molar-refractivity contribution >= 4 is 5.95 Å². The number of methoxy groups -OCH3 is 1. The third-order valence-electron chi connectivity index (χ3n) is 4.52. The Kier molecular flexibility index (Phi) is 4.97. The fourth-order valence-electron chi connectivity index (χ4n) is 3.03. The lowest BCUT2D eigenvalue weighted by molar-refractivity contribution is 0.226. The minimum atomic E-state index is -0.267. The number of anilines is 1. The molecular formula is C19H20FN5O2. The van der Waals surface area contributed by atoms with E-state index >= 15 is 0 Å². The van der Waals surface area contributed by atoms with Crippen LogP contribution in [0.5, 0.6) is 5.88 Å². The normalized spacial score (nSPS) is 15.1. The van der Waals surface area contributed by atoms with Crippen molar-refractivity contribution in [2.45, 2.75) is 6.54 Å². The molecule has 0 amide bonds. The van der Waals surface area contributed by atoms with Crippen molar-refractivity contribution in [3.8, 4) is 17.2 Å². The third kappa shape index (κ3) is 4.06. The molecule has 0 saturated carbocycles. The Bertz CT molecular complexity index is 891. The first-order chi connectivity index (χ1) is 13.2. The highest BCUT2D eigenvalue weighted by atomic mass is 19.1. The van der Waals surface area contributed by atoms with Gasteiger partial charge in [-0.25, -0.2) is 14.4 Å². The van der Waals surface area contributed by atoms with E-state index in [0.29, 0.717) is 30.0 Å². The number of aromatic nitrogens is 3. The maximum Gasteiger partial charge on any atom is 0.228 e. The Morgan fingerprint density at radius 1 is 1.07 bits per heavy atom. The largest absolute Gasteiger partial charge is 0.481 e. The van der Waals surface area contributed by atoms with Gasteiger partial charge < -0.3 is 14.1 Å². The molecule has 3 aromatic rings. The summed E-state index contributed by atoms with van der Waals surface area (Å²) in [7, 11) is 1.60. The quantitative estimate of drug-likeness (QED) is 0.685. The van der Waals surface area contributed by atoms with Crippen LogP contribution < -0.4 is 9.64 Å². The first kappa shape index (κ1) is 17.4. The van der Waals surface area contributed by atoms with Gasteiger partial charge in [-0.05, 0) is 24.3 Å². The van der Waals surface area contributed by atoms with Crippen LogP contribution in [0.25, 0.3) is 11.3 Å². The van der Waals surface area contributed by atoms with Crippen molar-refractivity contribution in [2.75, 3.05) is 38.2 Å². The lowest BCUT2D eigenvalue weighted by Crippen LogP contribution is -2.46. The minimum absolute atomic E-state index is 0.267. The van der Waals surface area contributed by atoms with Crippen molar-refractivity contribution < 1.29 is 13.5 Å². The number of halogens is 1. The second-order valence-electron chi connectivity index (χ2n) is 6.29. The molecule has 3 heterocycles. The van der Waals surface area contributed by atoms with E-state index < -0.39 is 0 Å². The molecule has 0 N–H and O–H groups in total. The predicted molar refractivity (Wildman–Crippen MR) is 98.0 cm³/mol. The summed E-state index contributed by atoms with van der Waals surface area (Å²) in [5.74, 6) is 2.28. The zero-order valence-electron chi connectivity index (χ0n) is 15.0. The van der Waals surface area contributed by atoms with Crippen LogP contribution in [-0.4, -0.2) is 53.1 Å². The summed E-state index contributed by atoms with van der Waals surface area (Å²) < 4.78 is 24.0. The van der Waals surface area contributed by atoms with Crippen LogP contribution in [0, 0.1) is 5.82 Å². The third-order valence-corrected chi connectivity index (χ3v) is 4.52. The monoisotopic (exact) mass is 369 g/mol. The molecule has 0 radical (unpaired) electrons. The fraction of sp³-hybridized carbons (Fsp3) is 0.316. The lowest BCUT2D eigenvalue weighted by atomic mass is 10.2. The Morgan fingerprint density at radius 3 is 2.59 bits per heavy atom.